The molecule has 2 aromatic rings. The van der Waals surface area contributed by atoms with Crippen molar-refractivity contribution in [3.05, 3.63) is 30.3 Å². The lowest BCUT2D eigenvalue weighted by Gasteiger charge is -1.87. The summed E-state index contributed by atoms with van der Waals surface area (Å²) >= 11 is 0. The number of rotatable bonds is 0. The van der Waals surface area contributed by atoms with Crippen LogP contribution in [0.15, 0.2) is 28.9 Å². The Morgan fingerprint density at radius 1 is 1.36 bits per heavy atom. The largest absolute Gasteiger partial charge is 0.504 e. The van der Waals surface area contributed by atoms with E-state index in [1.54, 1.807) is 0 Å². The van der Waals surface area contributed by atoms with E-state index in [4.69, 9.17) is 9.52 Å². The van der Waals surface area contributed by atoms with Crippen molar-refractivity contribution >= 4 is 11.0 Å². The molecular formula is C8H5FO2. The van der Waals surface area contributed by atoms with Gasteiger partial charge < -0.3 is 9.52 Å². The van der Waals surface area contributed by atoms with Crippen molar-refractivity contribution < 1.29 is 13.9 Å². The molecule has 0 amide bonds. The average Bonchev–Trinajstić information content (AvgIpc) is 2.33. The maximum Gasteiger partial charge on any atom is 0.161 e. The van der Waals surface area contributed by atoms with Crippen molar-refractivity contribution in [3.63, 3.8) is 0 Å². The zero-order valence-electron chi connectivity index (χ0n) is 5.54. The molecule has 0 aliphatic carbocycles. The Balaban J connectivity index is 2.87. The van der Waals surface area contributed by atoms with Crippen molar-refractivity contribution in [2.75, 3.05) is 0 Å². The molecule has 0 saturated heterocycles. The molecule has 1 aromatic heterocycles. The summed E-state index contributed by atoms with van der Waals surface area (Å²) in [6.45, 7) is 0. The lowest BCUT2D eigenvalue weighted by Crippen LogP contribution is -1.70. The average molecular weight is 152 g/mol. The van der Waals surface area contributed by atoms with E-state index in [9.17, 15) is 4.39 Å². The van der Waals surface area contributed by atoms with Crippen LogP contribution >= 0.6 is 0 Å². The predicted octanol–water partition coefficient (Wildman–Crippen LogP) is 2.28. The maximum absolute atomic E-state index is 12.5. The second kappa shape index (κ2) is 1.99. The van der Waals surface area contributed by atoms with Crippen LogP contribution in [0.4, 0.5) is 4.39 Å². The van der Waals surface area contributed by atoms with Crippen molar-refractivity contribution in [1.29, 1.82) is 0 Å². The molecule has 0 aliphatic heterocycles. The summed E-state index contributed by atoms with van der Waals surface area (Å²) in [7, 11) is 0. The molecule has 0 bridgehead atoms. The standard InChI is InChI=1S/C8H5FO2/c9-5-1-2-8-6(3-5)7(10)4-11-8/h1-4,10H. The van der Waals surface area contributed by atoms with Crippen LogP contribution < -0.4 is 0 Å². The fraction of sp³-hybridized carbons (Fsp3) is 0. The third kappa shape index (κ3) is 0.852. The topological polar surface area (TPSA) is 33.4 Å². The van der Waals surface area contributed by atoms with Gasteiger partial charge in [0.25, 0.3) is 0 Å². The van der Waals surface area contributed by atoms with Crippen molar-refractivity contribution in [3.8, 4) is 5.75 Å². The highest BCUT2D eigenvalue weighted by Gasteiger charge is 2.03. The van der Waals surface area contributed by atoms with E-state index < -0.39 is 0 Å². The van der Waals surface area contributed by atoms with E-state index in [0.29, 0.717) is 11.0 Å². The lowest BCUT2D eigenvalue weighted by molar-refractivity contribution is 0.464. The van der Waals surface area contributed by atoms with Crippen molar-refractivity contribution in [2.24, 2.45) is 0 Å². The molecule has 0 atom stereocenters. The molecule has 1 aromatic carbocycles. The smallest absolute Gasteiger partial charge is 0.161 e. The lowest BCUT2D eigenvalue weighted by atomic mass is 10.2. The minimum absolute atomic E-state index is 0.0282. The number of hydrogen-bond acceptors (Lipinski definition) is 2. The first-order valence-electron chi connectivity index (χ1n) is 3.13. The van der Waals surface area contributed by atoms with Gasteiger partial charge in [0.2, 0.25) is 0 Å². The second-order valence-corrected chi connectivity index (χ2v) is 2.26. The molecule has 3 heteroatoms. The van der Waals surface area contributed by atoms with Crippen LogP contribution in [0.1, 0.15) is 0 Å². The molecule has 2 rings (SSSR count). The van der Waals surface area contributed by atoms with Gasteiger partial charge in [0.15, 0.2) is 5.75 Å². The highest BCUT2D eigenvalue weighted by atomic mass is 19.1. The van der Waals surface area contributed by atoms with Gasteiger partial charge in [-0.15, -0.1) is 0 Å². The van der Waals surface area contributed by atoms with Crippen LogP contribution in [0.5, 0.6) is 5.75 Å². The first-order chi connectivity index (χ1) is 5.27. The van der Waals surface area contributed by atoms with Gasteiger partial charge in [0, 0.05) is 0 Å². The Morgan fingerprint density at radius 2 is 2.18 bits per heavy atom. The molecule has 0 fully saturated rings. The van der Waals surface area contributed by atoms with Gasteiger partial charge in [-0.25, -0.2) is 4.39 Å². The Bertz CT molecular complexity index is 392. The third-order valence-corrected chi connectivity index (χ3v) is 1.52. The van der Waals surface area contributed by atoms with Gasteiger partial charge >= 0.3 is 0 Å². The zero-order valence-corrected chi connectivity index (χ0v) is 5.54. The predicted molar refractivity (Wildman–Crippen MR) is 37.8 cm³/mol. The van der Waals surface area contributed by atoms with E-state index in [2.05, 4.69) is 0 Å². The normalized spacial score (nSPS) is 10.6. The fourth-order valence-corrected chi connectivity index (χ4v) is 0.988. The number of hydrogen-bond donors (Lipinski definition) is 1. The number of fused-ring (bicyclic) bond motifs is 1. The van der Waals surface area contributed by atoms with Crippen LogP contribution in [0.2, 0.25) is 0 Å². The molecule has 1 N–H and O–H groups in total. The van der Waals surface area contributed by atoms with E-state index in [-0.39, 0.29) is 11.6 Å². The number of aromatic hydroxyl groups is 1. The fourth-order valence-electron chi connectivity index (χ4n) is 0.988. The zero-order chi connectivity index (χ0) is 7.84. The van der Waals surface area contributed by atoms with Crippen molar-refractivity contribution in [1.82, 2.24) is 0 Å². The Labute approximate surface area is 61.9 Å². The van der Waals surface area contributed by atoms with Crippen LogP contribution in [0.25, 0.3) is 11.0 Å². The quantitative estimate of drug-likeness (QED) is 0.628. The van der Waals surface area contributed by atoms with Crippen LogP contribution in [0.3, 0.4) is 0 Å². The highest BCUT2D eigenvalue weighted by Crippen LogP contribution is 2.26. The molecule has 1 heterocycles. The number of furan rings is 1. The molecule has 2 nitrogen and oxygen atoms in total. The van der Waals surface area contributed by atoms with Gasteiger partial charge in [-0.1, -0.05) is 0 Å². The Kier molecular flexibility index (Phi) is 1.12. The van der Waals surface area contributed by atoms with Gasteiger partial charge in [0.05, 0.1) is 5.39 Å². The first kappa shape index (κ1) is 6.22. The first-order valence-corrected chi connectivity index (χ1v) is 3.13. The van der Waals surface area contributed by atoms with Crippen molar-refractivity contribution in [2.45, 2.75) is 0 Å². The van der Waals surface area contributed by atoms with Gasteiger partial charge in [0.1, 0.15) is 17.7 Å². The van der Waals surface area contributed by atoms with E-state index in [0.717, 1.165) is 0 Å². The molecule has 0 saturated carbocycles. The van der Waals surface area contributed by atoms with Gasteiger partial charge in [-0.2, -0.15) is 0 Å². The highest BCUT2D eigenvalue weighted by molar-refractivity contribution is 5.83. The molecule has 0 unspecified atom stereocenters. The summed E-state index contributed by atoms with van der Waals surface area (Å²) in [4.78, 5) is 0. The Morgan fingerprint density at radius 3 is 3.00 bits per heavy atom. The molecular weight excluding hydrogens is 147 g/mol. The molecule has 56 valence electrons. The number of halogens is 1. The van der Waals surface area contributed by atoms with Crippen LogP contribution in [-0.4, -0.2) is 5.11 Å². The van der Waals surface area contributed by atoms with Crippen LogP contribution in [0, 0.1) is 5.82 Å². The number of benzene rings is 1. The van der Waals surface area contributed by atoms with E-state index in [1.165, 1.54) is 24.5 Å². The minimum Gasteiger partial charge on any atom is -0.504 e. The molecule has 0 spiro atoms. The molecule has 11 heavy (non-hydrogen) atoms. The minimum atomic E-state index is -0.380. The SMILES string of the molecule is Oc1coc2ccc(F)cc12. The second-order valence-electron chi connectivity index (χ2n) is 2.26. The Hall–Kier alpha value is -1.51. The summed E-state index contributed by atoms with van der Waals surface area (Å²) in [5, 5.41) is 9.48. The third-order valence-electron chi connectivity index (χ3n) is 1.52. The summed E-state index contributed by atoms with van der Waals surface area (Å²) in [5.74, 6) is -0.409. The molecule has 0 radical (unpaired) electrons. The summed E-state index contributed by atoms with van der Waals surface area (Å²) < 4.78 is 17.4. The van der Waals surface area contributed by atoms with E-state index in [1.807, 2.05) is 0 Å². The molecule has 0 aliphatic rings. The maximum atomic E-state index is 12.5. The van der Waals surface area contributed by atoms with E-state index >= 15 is 0 Å². The monoisotopic (exact) mass is 152 g/mol. The van der Waals surface area contributed by atoms with Crippen LogP contribution in [-0.2, 0) is 0 Å². The summed E-state index contributed by atoms with van der Waals surface area (Å²) in [5.41, 5.74) is 0.490. The van der Waals surface area contributed by atoms with Gasteiger partial charge in [-0.3, -0.25) is 0 Å². The summed E-state index contributed by atoms with van der Waals surface area (Å²) in [6, 6.07) is 3.99. The summed E-state index contributed by atoms with van der Waals surface area (Å²) in [6.07, 6.45) is 1.18. The van der Waals surface area contributed by atoms with Gasteiger partial charge in [-0.05, 0) is 18.2 Å².